The molecule has 0 fully saturated rings. The molecule has 21 heavy (non-hydrogen) atoms. The molecule has 0 unspecified atom stereocenters. The van der Waals surface area contributed by atoms with Crippen molar-refractivity contribution in [1.82, 2.24) is 14.2 Å². The van der Waals surface area contributed by atoms with E-state index in [0.717, 1.165) is 31.5 Å². The first-order valence-corrected chi connectivity index (χ1v) is 8.80. The topological polar surface area (TPSA) is 54.3 Å². The van der Waals surface area contributed by atoms with Crippen LogP contribution in [0.15, 0.2) is 29.8 Å². The van der Waals surface area contributed by atoms with Crippen LogP contribution in [0.2, 0.25) is 0 Å². The van der Waals surface area contributed by atoms with Gasteiger partial charge in [-0.2, -0.15) is 0 Å². The normalized spacial score (nSPS) is 12.0. The first-order valence-electron chi connectivity index (χ1n) is 7.36. The molecule has 0 aliphatic carbocycles. The van der Waals surface area contributed by atoms with Crippen molar-refractivity contribution in [3.63, 3.8) is 0 Å². The lowest BCUT2D eigenvalue weighted by Crippen LogP contribution is -2.27. The zero-order chi connectivity index (χ0) is 15.9. The number of hydrogen-bond acceptors (Lipinski definition) is 3. The quantitative estimate of drug-likeness (QED) is 0.532. The maximum Gasteiger partial charge on any atom is 0.244 e. The molecular weight excluding hydrogens is 286 g/mol. The Balaban J connectivity index is 2.78. The van der Waals surface area contributed by atoms with Crippen LogP contribution in [0, 0.1) is 0 Å². The summed E-state index contributed by atoms with van der Waals surface area (Å²) in [7, 11) is 0.0988. The second kappa shape index (κ2) is 8.36. The molecule has 5 nitrogen and oxygen atoms in total. The van der Waals surface area contributed by atoms with Gasteiger partial charge in [0, 0.05) is 39.1 Å². The summed E-state index contributed by atoms with van der Waals surface area (Å²) >= 11 is 0. The highest BCUT2D eigenvalue weighted by Crippen LogP contribution is 2.18. The number of unbranched alkanes of at least 4 members (excludes halogenated alkanes) is 1. The Morgan fingerprint density at radius 2 is 2.19 bits per heavy atom. The standard InChI is InChI=1S/C15H27N3O2S/c1-5-7-8-10-18(4)21(19,20)15-11-14(17(3)13-15)12-16-9-6-2/h5,11,13,16H,1,6-10,12H2,2-4H3. The summed E-state index contributed by atoms with van der Waals surface area (Å²) in [5.74, 6) is 0. The highest BCUT2D eigenvalue weighted by Gasteiger charge is 2.22. The lowest BCUT2D eigenvalue weighted by Gasteiger charge is -2.15. The van der Waals surface area contributed by atoms with Crippen LogP contribution in [0.5, 0.6) is 0 Å². The molecule has 0 aliphatic rings. The zero-order valence-electron chi connectivity index (χ0n) is 13.3. The van der Waals surface area contributed by atoms with Crippen LogP contribution in [0.1, 0.15) is 31.9 Å². The van der Waals surface area contributed by atoms with Gasteiger partial charge in [0.05, 0.1) is 0 Å². The van der Waals surface area contributed by atoms with Gasteiger partial charge in [-0.25, -0.2) is 12.7 Å². The van der Waals surface area contributed by atoms with E-state index in [1.165, 1.54) is 4.31 Å². The molecule has 0 aliphatic heterocycles. The predicted molar refractivity (Wildman–Crippen MR) is 86.7 cm³/mol. The summed E-state index contributed by atoms with van der Waals surface area (Å²) in [6.07, 6.45) is 6.15. The van der Waals surface area contributed by atoms with Crippen LogP contribution in [0.3, 0.4) is 0 Å². The van der Waals surface area contributed by atoms with Gasteiger partial charge in [-0.3, -0.25) is 0 Å². The largest absolute Gasteiger partial charge is 0.352 e. The first-order chi connectivity index (χ1) is 9.93. The molecule has 6 heteroatoms. The van der Waals surface area contributed by atoms with Crippen molar-refractivity contribution in [2.75, 3.05) is 20.1 Å². The third-order valence-electron chi connectivity index (χ3n) is 3.41. The minimum absolute atomic E-state index is 0.361. The molecule has 1 heterocycles. The Bertz CT molecular complexity index is 549. The Morgan fingerprint density at radius 1 is 1.48 bits per heavy atom. The van der Waals surface area contributed by atoms with Crippen LogP contribution >= 0.6 is 0 Å². The van der Waals surface area contributed by atoms with Gasteiger partial charge in [-0.15, -0.1) is 6.58 Å². The fourth-order valence-electron chi connectivity index (χ4n) is 2.05. The van der Waals surface area contributed by atoms with Crippen LogP contribution in [0.25, 0.3) is 0 Å². The highest BCUT2D eigenvalue weighted by atomic mass is 32.2. The highest BCUT2D eigenvalue weighted by molar-refractivity contribution is 7.89. The minimum Gasteiger partial charge on any atom is -0.352 e. The molecule has 0 saturated carbocycles. The van der Waals surface area contributed by atoms with Gasteiger partial charge in [0.15, 0.2) is 0 Å². The fraction of sp³-hybridized carbons (Fsp3) is 0.600. The van der Waals surface area contributed by atoms with Crippen molar-refractivity contribution >= 4 is 10.0 Å². The third-order valence-corrected chi connectivity index (χ3v) is 5.23. The summed E-state index contributed by atoms with van der Waals surface area (Å²) in [5, 5.41) is 3.29. The Hall–Kier alpha value is -1.11. The molecule has 0 atom stereocenters. The molecule has 120 valence electrons. The number of aryl methyl sites for hydroxylation is 1. The number of aromatic nitrogens is 1. The van der Waals surface area contributed by atoms with Crippen LogP contribution < -0.4 is 5.32 Å². The molecule has 1 aromatic heterocycles. The monoisotopic (exact) mass is 313 g/mol. The minimum atomic E-state index is -3.40. The summed E-state index contributed by atoms with van der Waals surface area (Å²) in [4.78, 5) is 0.361. The lowest BCUT2D eigenvalue weighted by molar-refractivity contribution is 0.462. The second-order valence-electron chi connectivity index (χ2n) is 5.21. The van der Waals surface area contributed by atoms with E-state index in [-0.39, 0.29) is 0 Å². The smallest absolute Gasteiger partial charge is 0.244 e. The molecule has 0 bridgehead atoms. The zero-order valence-corrected chi connectivity index (χ0v) is 14.1. The number of nitrogens with zero attached hydrogens (tertiary/aromatic N) is 2. The van der Waals surface area contributed by atoms with Crippen molar-refractivity contribution in [3.05, 3.63) is 30.6 Å². The average Bonchev–Trinajstić information content (AvgIpc) is 2.81. The van der Waals surface area contributed by atoms with Gasteiger partial charge < -0.3 is 9.88 Å². The number of sulfonamides is 1. The molecular formula is C15H27N3O2S. The van der Waals surface area contributed by atoms with Gasteiger partial charge in [0.1, 0.15) is 4.90 Å². The van der Waals surface area contributed by atoms with E-state index in [1.54, 1.807) is 25.4 Å². The van der Waals surface area contributed by atoms with Crippen molar-refractivity contribution in [3.8, 4) is 0 Å². The van der Waals surface area contributed by atoms with Crippen LogP contribution in [-0.4, -0.2) is 37.4 Å². The Morgan fingerprint density at radius 3 is 2.81 bits per heavy atom. The molecule has 0 aromatic carbocycles. The summed E-state index contributed by atoms with van der Waals surface area (Å²) < 4.78 is 28.3. The second-order valence-corrected chi connectivity index (χ2v) is 7.26. The van der Waals surface area contributed by atoms with Crippen molar-refractivity contribution < 1.29 is 8.42 Å². The van der Waals surface area contributed by atoms with Crippen LogP contribution in [0.4, 0.5) is 0 Å². The van der Waals surface area contributed by atoms with E-state index in [1.807, 2.05) is 11.6 Å². The van der Waals surface area contributed by atoms with Crippen molar-refractivity contribution in [2.45, 2.75) is 37.6 Å². The van der Waals surface area contributed by atoms with E-state index >= 15 is 0 Å². The van der Waals surface area contributed by atoms with E-state index in [9.17, 15) is 8.42 Å². The molecule has 1 rings (SSSR count). The van der Waals surface area contributed by atoms with Crippen LogP contribution in [-0.2, 0) is 23.6 Å². The van der Waals surface area contributed by atoms with E-state index in [0.29, 0.717) is 18.0 Å². The average molecular weight is 313 g/mol. The maximum absolute atomic E-state index is 12.5. The molecule has 0 saturated heterocycles. The van der Waals surface area contributed by atoms with Gasteiger partial charge in [-0.1, -0.05) is 13.0 Å². The summed E-state index contributed by atoms with van der Waals surface area (Å²) in [6, 6.07) is 1.75. The first kappa shape index (κ1) is 17.9. The third kappa shape index (κ3) is 4.98. The molecule has 1 aromatic rings. The van der Waals surface area contributed by atoms with E-state index in [2.05, 4.69) is 18.8 Å². The maximum atomic E-state index is 12.5. The molecule has 0 amide bonds. The molecule has 1 N–H and O–H groups in total. The molecule has 0 radical (unpaired) electrons. The van der Waals surface area contributed by atoms with Crippen molar-refractivity contribution in [2.24, 2.45) is 7.05 Å². The van der Waals surface area contributed by atoms with Gasteiger partial charge in [0.2, 0.25) is 10.0 Å². The van der Waals surface area contributed by atoms with Gasteiger partial charge in [0.25, 0.3) is 0 Å². The van der Waals surface area contributed by atoms with Gasteiger partial charge in [-0.05, 0) is 31.9 Å². The van der Waals surface area contributed by atoms with Crippen molar-refractivity contribution in [1.29, 1.82) is 0 Å². The number of nitrogens with one attached hydrogen (secondary N) is 1. The van der Waals surface area contributed by atoms with E-state index in [4.69, 9.17) is 0 Å². The summed E-state index contributed by atoms with van der Waals surface area (Å²) in [6.45, 7) is 7.87. The molecule has 0 spiro atoms. The van der Waals surface area contributed by atoms with E-state index < -0.39 is 10.0 Å². The summed E-state index contributed by atoms with van der Waals surface area (Å²) in [5.41, 5.74) is 0.974. The number of allylic oxidation sites excluding steroid dienone is 1. The Kier molecular flexibility index (Phi) is 7.14. The SMILES string of the molecule is C=CCCCN(C)S(=O)(=O)c1cc(CNCCC)n(C)c1. The number of rotatable bonds is 10. The Labute approximate surface area is 128 Å². The van der Waals surface area contributed by atoms with Gasteiger partial charge >= 0.3 is 0 Å². The lowest BCUT2D eigenvalue weighted by atomic mass is 10.3. The number of hydrogen-bond donors (Lipinski definition) is 1. The predicted octanol–water partition coefficient (Wildman–Crippen LogP) is 2.11. The fourth-order valence-corrected chi connectivity index (χ4v) is 3.35.